The largest absolute Gasteiger partial charge is 0.340 e. The lowest BCUT2D eigenvalue weighted by atomic mass is 9.78. The maximum absolute atomic E-state index is 13.9. The van der Waals surface area contributed by atoms with Crippen molar-refractivity contribution in [3.63, 3.8) is 0 Å². The molecule has 2 aliphatic heterocycles. The van der Waals surface area contributed by atoms with Gasteiger partial charge in [-0.05, 0) is 94.4 Å². The van der Waals surface area contributed by atoms with Crippen molar-refractivity contribution in [2.45, 2.75) is 38.1 Å². The van der Waals surface area contributed by atoms with Gasteiger partial charge >= 0.3 is 0 Å². The number of halogens is 1. The minimum Gasteiger partial charge on any atom is -0.340 e. The third-order valence-corrected chi connectivity index (χ3v) is 7.76. The number of piperidine rings is 2. The summed E-state index contributed by atoms with van der Waals surface area (Å²) in [7, 11) is 2.19. The average molecular weight is 468 g/mol. The zero-order valence-electron chi connectivity index (χ0n) is 19.6. The molecule has 2 amide bonds. The predicted molar refractivity (Wildman–Crippen MR) is 132 cm³/mol. The lowest BCUT2D eigenvalue weighted by Gasteiger charge is -2.42. The minimum absolute atomic E-state index is 0.0437. The van der Waals surface area contributed by atoms with E-state index in [1.807, 2.05) is 42.2 Å². The summed E-state index contributed by atoms with van der Waals surface area (Å²) in [5, 5.41) is 3.61. The van der Waals surface area contributed by atoms with E-state index in [4.69, 9.17) is 11.6 Å². The van der Waals surface area contributed by atoms with Crippen molar-refractivity contribution < 1.29 is 9.59 Å². The smallest absolute Gasteiger partial charge is 0.252 e. The summed E-state index contributed by atoms with van der Waals surface area (Å²) >= 11 is 5.98. The zero-order valence-corrected chi connectivity index (χ0v) is 20.4. The summed E-state index contributed by atoms with van der Waals surface area (Å²) in [6, 6.07) is 16.3. The second-order valence-corrected chi connectivity index (χ2v) is 10.2. The Morgan fingerprint density at radius 1 is 0.879 bits per heavy atom. The second-order valence-electron chi connectivity index (χ2n) is 9.72. The minimum atomic E-state index is -1.14. The first-order valence-electron chi connectivity index (χ1n) is 12.0. The molecule has 2 aromatic carbocycles. The molecule has 2 saturated heterocycles. The molecule has 176 valence electrons. The standard InChI is InChI=1S/C27H34ClN3O2/c1-27(23-6-4-3-5-7-23,29-25(32)22-8-10-24(28)11-9-22)26(33)31-18-14-21(15-19-31)20-12-16-30(2)17-13-20/h3-11,20-21H,12-19H2,1-2H3,(H,29,32)/t27-/m0/s1. The highest BCUT2D eigenvalue weighted by Crippen LogP contribution is 2.34. The lowest BCUT2D eigenvalue weighted by Crippen LogP contribution is -2.57. The van der Waals surface area contributed by atoms with Crippen molar-refractivity contribution in [2.24, 2.45) is 11.8 Å². The van der Waals surface area contributed by atoms with Gasteiger partial charge in [0.05, 0.1) is 0 Å². The van der Waals surface area contributed by atoms with Crippen LogP contribution in [0, 0.1) is 11.8 Å². The Bertz CT molecular complexity index is 949. The molecule has 0 saturated carbocycles. The zero-order chi connectivity index (χ0) is 23.4. The van der Waals surface area contributed by atoms with Gasteiger partial charge in [0.2, 0.25) is 0 Å². The fourth-order valence-corrected chi connectivity index (χ4v) is 5.44. The van der Waals surface area contributed by atoms with Gasteiger partial charge in [0.1, 0.15) is 5.54 Å². The Labute approximate surface area is 202 Å². The van der Waals surface area contributed by atoms with Crippen molar-refractivity contribution in [3.8, 4) is 0 Å². The fraction of sp³-hybridized carbons (Fsp3) is 0.481. The van der Waals surface area contributed by atoms with Crippen molar-refractivity contribution in [1.29, 1.82) is 0 Å². The molecule has 0 spiro atoms. The first-order valence-corrected chi connectivity index (χ1v) is 12.4. The van der Waals surface area contributed by atoms with Crippen LogP contribution >= 0.6 is 11.6 Å². The molecular formula is C27H34ClN3O2. The Hall–Kier alpha value is -2.37. The van der Waals surface area contributed by atoms with Gasteiger partial charge < -0.3 is 15.1 Å². The monoisotopic (exact) mass is 467 g/mol. The van der Waals surface area contributed by atoms with Crippen LogP contribution in [0.4, 0.5) is 0 Å². The van der Waals surface area contributed by atoms with Crippen molar-refractivity contribution >= 4 is 23.4 Å². The fourth-order valence-electron chi connectivity index (χ4n) is 5.31. The van der Waals surface area contributed by atoms with Crippen LogP contribution in [-0.4, -0.2) is 54.8 Å². The Morgan fingerprint density at radius 3 is 2.00 bits per heavy atom. The third-order valence-electron chi connectivity index (χ3n) is 7.51. The average Bonchev–Trinajstić information content (AvgIpc) is 2.85. The van der Waals surface area contributed by atoms with E-state index in [0.717, 1.165) is 37.4 Å². The van der Waals surface area contributed by atoms with E-state index in [1.54, 1.807) is 24.3 Å². The molecule has 4 rings (SSSR count). The van der Waals surface area contributed by atoms with Gasteiger partial charge in [0, 0.05) is 23.7 Å². The molecular weight excluding hydrogens is 434 g/mol. The summed E-state index contributed by atoms with van der Waals surface area (Å²) in [5.74, 6) is 1.13. The highest BCUT2D eigenvalue weighted by atomic mass is 35.5. The highest BCUT2D eigenvalue weighted by Gasteiger charge is 2.41. The molecule has 1 atom stereocenters. The Morgan fingerprint density at radius 2 is 1.42 bits per heavy atom. The SMILES string of the molecule is CN1CCC(C2CCN(C(=O)[C@@](C)(NC(=O)c3ccc(Cl)cc3)c3ccccc3)CC2)CC1. The van der Waals surface area contributed by atoms with Crippen molar-refractivity contribution in [3.05, 3.63) is 70.7 Å². The number of benzene rings is 2. The van der Waals surface area contributed by atoms with E-state index >= 15 is 0 Å². The summed E-state index contributed by atoms with van der Waals surface area (Å²) in [5.41, 5.74) is 0.128. The Balaban J connectivity index is 1.48. The van der Waals surface area contributed by atoms with Crippen LogP contribution < -0.4 is 5.32 Å². The molecule has 6 heteroatoms. The van der Waals surface area contributed by atoms with Crippen molar-refractivity contribution in [1.82, 2.24) is 15.1 Å². The van der Waals surface area contributed by atoms with Crippen LogP contribution in [0.3, 0.4) is 0 Å². The van der Waals surface area contributed by atoms with Gasteiger partial charge in [-0.2, -0.15) is 0 Å². The van der Waals surface area contributed by atoms with Crippen LogP contribution in [0.1, 0.15) is 48.5 Å². The summed E-state index contributed by atoms with van der Waals surface area (Å²) in [4.78, 5) is 31.3. The first kappa shape index (κ1) is 23.8. The number of nitrogens with one attached hydrogen (secondary N) is 1. The van der Waals surface area contributed by atoms with Gasteiger partial charge in [-0.25, -0.2) is 0 Å². The molecule has 0 aliphatic carbocycles. The van der Waals surface area contributed by atoms with Gasteiger partial charge in [0.15, 0.2) is 0 Å². The molecule has 0 aromatic heterocycles. The van der Waals surface area contributed by atoms with E-state index in [0.29, 0.717) is 16.5 Å². The van der Waals surface area contributed by atoms with Gasteiger partial charge in [0.25, 0.3) is 11.8 Å². The molecule has 0 unspecified atom stereocenters. The van der Waals surface area contributed by atoms with Crippen LogP contribution in [0.25, 0.3) is 0 Å². The van der Waals surface area contributed by atoms with Gasteiger partial charge in [-0.15, -0.1) is 0 Å². The van der Waals surface area contributed by atoms with Crippen LogP contribution in [0.15, 0.2) is 54.6 Å². The lowest BCUT2D eigenvalue weighted by molar-refractivity contribution is -0.139. The number of nitrogens with zero attached hydrogens (tertiary/aromatic N) is 2. The van der Waals surface area contributed by atoms with Crippen LogP contribution in [0.5, 0.6) is 0 Å². The number of amides is 2. The molecule has 2 fully saturated rings. The number of carbonyl (C=O) groups excluding carboxylic acids is 2. The third kappa shape index (κ3) is 5.42. The molecule has 1 N–H and O–H groups in total. The van der Waals surface area contributed by atoms with Crippen LogP contribution in [-0.2, 0) is 10.3 Å². The summed E-state index contributed by atoms with van der Waals surface area (Å²) < 4.78 is 0. The van der Waals surface area contributed by atoms with Crippen molar-refractivity contribution in [2.75, 3.05) is 33.2 Å². The maximum atomic E-state index is 13.9. The highest BCUT2D eigenvalue weighted by molar-refractivity contribution is 6.30. The molecule has 0 bridgehead atoms. The molecule has 33 heavy (non-hydrogen) atoms. The number of hydrogen-bond acceptors (Lipinski definition) is 3. The quantitative estimate of drug-likeness (QED) is 0.701. The summed E-state index contributed by atoms with van der Waals surface area (Å²) in [6.45, 7) is 5.66. The van der Waals surface area contributed by atoms with Gasteiger partial charge in [-0.3, -0.25) is 9.59 Å². The first-order chi connectivity index (χ1) is 15.9. The summed E-state index contributed by atoms with van der Waals surface area (Å²) in [6.07, 6.45) is 4.59. The molecule has 2 aliphatic rings. The van der Waals surface area contributed by atoms with E-state index in [9.17, 15) is 9.59 Å². The molecule has 5 nitrogen and oxygen atoms in total. The van der Waals surface area contributed by atoms with E-state index < -0.39 is 5.54 Å². The number of rotatable bonds is 5. The second kappa shape index (κ2) is 10.3. The molecule has 0 radical (unpaired) electrons. The number of likely N-dealkylation sites (tertiary alicyclic amines) is 2. The maximum Gasteiger partial charge on any atom is 0.252 e. The topological polar surface area (TPSA) is 52.6 Å². The van der Waals surface area contributed by atoms with E-state index in [2.05, 4.69) is 17.3 Å². The molecule has 2 aromatic rings. The predicted octanol–water partition coefficient (Wildman–Crippen LogP) is 4.57. The van der Waals surface area contributed by atoms with E-state index in [1.165, 1.54) is 25.9 Å². The molecule has 2 heterocycles. The number of hydrogen-bond donors (Lipinski definition) is 1. The van der Waals surface area contributed by atoms with Crippen LogP contribution in [0.2, 0.25) is 5.02 Å². The number of carbonyl (C=O) groups is 2. The van der Waals surface area contributed by atoms with Gasteiger partial charge in [-0.1, -0.05) is 41.9 Å². The normalized spacial score (nSPS) is 20.3. The Kier molecular flexibility index (Phi) is 7.40. The van der Waals surface area contributed by atoms with E-state index in [-0.39, 0.29) is 11.8 Å².